The van der Waals surface area contributed by atoms with Gasteiger partial charge >= 0.3 is 5.69 Å². The molecule has 10 heteroatoms. The van der Waals surface area contributed by atoms with Crippen LogP contribution in [0.25, 0.3) is 22.0 Å². The van der Waals surface area contributed by atoms with Gasteiger partial charge in [-0.2, -0.15) is 4.98 Å². The Kier molecular flexibility index (Phi) is 6.73. The minimum atomic E-state index is -0.811. The second-order valence-electron chi connectivity index (χ2n) is 11.5. The molecule has 3 aliphatic rings. The molecule has 1 saturated heterocycles. The third-order valence-corrected chi connectivity index (χ3v) is 10.5. The summed E-state index contributed by atoms with van der Waals surface area (Å²) in [5.74, 6) is -0.267. The van der Waals surface area contributed by atoms with E-state index in [1.54, 1.807) is 16.3 Å². The Morgan fingerprint density at radius 2 is 1.88 bits per heavy atom. The highest BCUT2D eigenvalue weighted by Crippen LogP contribution is 2.52. The topological polar surface area (TPSA) is 58.4 Å². The van der Waals surface area contributed by atoms with Gasteiger partial charge in [-0.05, 0) is 62.8 Å². The van der Waals surface area contributed by atoms with Crippen molar-refractivity contribution < 1.29 is 13.6 Å². The summed E-state index contributed by atoms with van der Waals surface area (Å²) in [7, 11) is 0. The molecule has 0 unspecified atom stereocenters. The molecule has 1 spiro atoms. The van der Waals surface area contributed by atoms with E-state index in [1.165, 1.54) is 12.1 Å². The Hall–Kier alpha value is -2.91. The first kappa shape index (κ1) is 27.3. The van der Waals surface area contributed by atoms with Crippen LogP contribution in [0.15, 0.2) is 40.5 Å². The maximum atomic E-state index is 15.3. The molecule has 0 radical (unpaired) electrons. The molecule has 210 valence electrons. The average Bonchev–Trinajstić information content (AvgIpc) is 3.07. The molecule has 40 heavy (non-hydrogen) atoms. The van der Waals surface area contributed by atoms with Gasteiger partial charge in [0.25, 0.3) is 0 Å². The maximum Gasteiger partial charge on any atom is 0.350 e. The van der Waals surface area contributed by atoms with Gasteiger partial charge in [0, 0.05) is 64.9 Å². The monoisotopic (exact) mass is 584 g/mol. The lowest BCUT2D eigenvalue weighted by molar-refractivity contribution is -0.130. The lowest BCUT2D eigenvalue weighted by atomic mass is 9.70. The quantitative estimate of drug-likeness (QED) is 0.271. The van der Waals surface area contributed by atoms with Crippen LogP contribution in [0.5, 0.6) is 0 Å². The van der Waals surface area contributed by atoms with Gasteiger partial charge in [-0.1, -0.05) is 24.6 Å². The number of benzene rings is 2. The largest absolute Gasteiger partial charge is 0.352 e. The van der Waals surface area contributed by atoms with Gasteiger partial charge in [-0.25, -0.2) is 13.6 Å². The van der Waals surface area contributed by atoms with E-state index in [9.17, 15) is 14.0 Å². The van der Waals surface area contributed by atoms with Gasteiger partial charge in [-0.15, -0.1) is 11.8 Å². The van der Waals surface area contributed by atoms with E-state index in [1.807, 2.05) is 31.7 Å². The minimum Gasteiger partial charge on any atom is -0.352 e. The first-order valence-corrected chi connectivity index (χ1v) is 15.0. The molecule has 3 aromatic rings. The molecular formula is C30H31ClF2N4O2S. The molecule has 3 heterocycles. The average molecular weight is 585 g/mol. The summed E-state index contributed by atoms with van der Waals surface area (Å²) in [5.41, 5.74) is 2.00. The Morgan fingerprint density at radius 1 is 1.18 bits per heavy atom. The van der Waals surface area contributed by atoms with Crippen LogP contribution in [0.2, 0.25) is 5.02 Å². The van der Waals surface area contributed by atoms with E-state index < -0.39 is 11.6 Å². The molecule has 2 fully saturated rings. The zero-order valence-corrected chi connectivity index (χ0v) is 24.3. The minimum absolute atomic E-state index is 0.0203. The summed E-state index contributed by atoms with van der Waals surface area (Å²) in [5, 5.41) is 0.663. The normalized spacial score (nSPS) is 21.9. The second kappa shape index (κ2) is 9.87. The number of aryl methyl sites for hydroxylation is 1. The number of thioether (sulfide) groups is 1. The van der Waals surface area contributed by atoms with Crippen molar-refractivity contribution in [2.24, 2.45) is 5.41 Å². The first-order chi connectivity index (χ1) is 19.0. The predicted octanol–water partition coefficient (Wildman–Crippen LogP) is 6.19. The number of hydrogen-bond acceptors (Lipinski definition) is 5. The van der Waals surface area contributed by atoms with Gasteiger partial charge in [0.15, 0.2) is 0 Å². The van der Waals surface area contributed by atoms with Crippen molar-refractivity contribution in [1.29, 1.82) is 0 Å². The van der Waals surface area contributed by atoms with Gasteiger partial charge in [0.05, 0.1) is 10.5 Å². The fraction of sp³-hybridized carbons (Fsp3) is 0.433. The van der Waals surface area contributed by atoms with Crippen LogP contribution in [-0.2, 0) is 11.3 Å². The number of carbonyl (C=O) groups excluding carboxylic acids is 1. The molecule has 0 N–H and O–H groups in total. The highest BCUT2D eigenvalue weighted by atomic mass is 35.5. The van der Waals surface area contributed by atoms with Gasteiger partial charge in [-0.3, -0.25) is 9.36 Å². The molecule has 1 saturated carbocycles. The molecule has 6 nitrogen and oxygen atoms in total. The van der Waals surface area contributed by atoms with E-state index in [0.717, 1.165) is 52.4 Å². The molecule has 1 amide bonds. The van der Waals surface area contributed by atoms with Crippen molar-refractivity contribution in [3.8, 4) is 11.1 Å². The van der Waals surface area contributed by atoms with Crippen LogP contribution < -0.4 is 10.6 Å². The fourth-order valence-corrected chi connectivity index (χ4v) is 8.49. The molecule has 2 aromatic carbocycles. The lowest BCUT2D eigenvalue weighted by Gasteiger charge is -2.45. The summed E-state index contributed by atoms with van der Waals surface area (Å²) in [6.07, 6.45) is 4.47. The summed E-state index contributed by atoms with van der Waals surface area (Å²) in [4.78, 5) is 35.6. The predicted molar refractivity (Wildman–Crippen MR) is 156 cm³/mol. The molecule has 2 aliphatic heterocycles. The van der Waals surface area contributed by atoms with Crippen LogP contribution in [0, 0.1) is 24.0 Å². The summed E-state index contributed by atoms with van der Waals surface area (Å²) < 4.78 is 31.2. The molecule has 1 aliphatic carbocycles. The SMILES string of the molecule is C=CC(=O)N1[C@H](C)CN(c2nc(=O)n3c4c(c(-c5cc(Cl)c(F)cc5F)c(C)cc24)SCC2(CCC2)C3)C[C@@H]1C. The number of rotatable bonds is 3. The first-order valence-electron chi connectivity index (χ1n) is 13.6. The number of amides is 1. The molecule has 2 atom stereocenters. The smallest absolute Gasteiger partial charge is 0.350 e. The maximum absolute atomic E-state index is 15.3. The van der Waals surface area contributed by atoms with Crippen LogP contribution >= 0.6 is 23.4 Å². The van der Waals surface area contributed by atoms with E-state index in [-0.39, 0.29) is 39.7 Å². The van der Waals surface area contributed by atoms with Crippen LogP contribution in [0.4, 0.5) is 14.6 Å². The Balaban J connectivity index is 1.59. The van der Waals surface area contributed by atoms with Gasteiger partial charge < -0.3 is 9.80 Å². The van der Waals surface area contributed by atoms with Crippen LogP contribution in [0.1, 0.15) is 38.7 Å². The van der Waals surface area contributed by atoms with Crippen molar-refractivity contribution in [3.63, 3.8) is 0 Å². The molecular weight excluding hydrogens is 554 g/mol. The van der Waals surface area contributed by atoms with Crippen LogP contribution in [0.3, 0.4) is 0 Å². The summed E-state index contributed by atoms with van der Waals surface area (Å²) in [6, 6.07) is 3.88. The lowest BCUT2D eigenvalue weighted by Crippen LogP contribution is -2.58. The molecule has 0 bridgehead atoms. The van der Waals surface area contributed by atoms with Crippen molar-refractivity contribution in [3.05, 3.63) is 63.6 Å². The van der Waals surface area contributed by atoms with Crippen molar-refractivity contribution in [2.45, 2.75) is 63.6 Å². The number of nitrogens with zero attached hydrogens (tertiary/aromatic N) is 4. The Labute approximate surface area is 241 Å². The summed E-state index contributed by atoms with van der Waals surface area (Å²) >= 11 is 7.76. The van der Waals surface area contributed by atoms with E-state index >= 15 is 4.39 Å². The number of aromatic nitrogens is 2. The zero-order valence-electron chi connectivity index (χ0n) is 22.8. The Morgan fingerprint density at radius 3 is 2.50 bits per heavy atom. The van der Waals surface area contributed by atoms with E-state index in [4.69, 9.17) is 11.6 Å². The third-order valence-electron chi connectivity index (χ3n) is 8.75. The number of hydrogen-bond donors (Lipinski definition) is 0. The zero-order chi connectivity index (χ0) is 28.5. The standard InChI is InChI=1S/C30H31ClF2N4O2S/c1-5-24(38)37-17(3)12-35(13-18(37)4)28-20-9-16(2)25(19-10-21(31)23(33)11-22(19)32)27-26(20)36(29(39)34-28)14-30(15-40-27)7-6-8-30/h5,9-11,17-18H,1,6-8,12-15H2,2-4H3/t17-,18+. The van der Waals surface area contributed by atoms with Crippen molar-refractivity contribution in [1.82, 2.24) is 14.5 Å². The molecule has 1 aromatic heterocycles. The van der Waals surface area contributed by atoms with Crippen LogP contribution in [-0.4, -0.2) is 51.3 Å². The highest BCUT2D eigenvalue weighted by molar-refractivity contribution is 7.99. The fourth-order valence-electron chi connectivity index (χ4n) is 6.72. The van der Waals surface area contributed by atoms with Crippen molar-refractivity contribution >= 4 is 46.0 Å². The number of anilines is 1. The number of piperazine rings is 1. The van der Waals surface area contributed by atoms with E-state index in [0.29, 0.717) is 31.0 Å². The molecule has 6 rings (SSSR count). The number of carbonyl (C=O) groups is 1. The summed E-state index contributed by atoms with van der Waals surface area (Å²) in [6.45, 7) is 11.1. The van der Waals surface area contributed by atoms with E-state index in [2.05, 4.69) is 16.5 Å². The second-order valence-corrected chi connectivity index (χ2v) is 12.9. The highest BCUT2D eigenvalue weighted by Gasteiger charge is 2.41. The van der Waals surface area contributed by atoms with Gasteiger partial charge in [0.1, 0.15) is 17.5 Å². The third kappa shape index (κ3) is 4.24. The Bertz CT molecular complexity index is 1620. The van der Waals surface area contributed by atoms with Gasteiger partial charge in [0.2, 0.25) is 5.91 Å². The number of halogens is 3. The van der Waals surface area contributed by atoms with Crippen molar-refractivity contribution in [2.75, 3.05) is 23.7 Å².